The number of anilines is 1. The standard InChI is InChI=1S/C9H14N6S/c1-7(6-16-2)5-10-8-3-4-9-11-13-14-15(9)12-8/h3-4,7H,5-6H2,1-2H3,(H,10,12). The van der Waals surface area contributed by atoms with E-state index in [1.54, 1.807) is 0 Å². The topological polar surface area (TPSA) is 68.0 Å². The first kappa shape index (κ1) is 11.1. The molecule has 1 atom stereocenters. The Morgan fingerprint density at radius 1 is 1.50 bits per heavy atom. The lowest BCUT2D eigenvalue weighted by Crippen LogP contribution is -2.14. The van der Waals surface area contributed by atoms with Crippen molar-refractivity contribution in [3.8, 4) is 0 Å². The van der Waals surface area contributed by atoms with Crippen LogP contribution in [-0.2, 0) is 0 Å². The van der Waals surface area contributed by atoms with Gasteiger partial charge in [0.15, 0.2) is 5.65 Å². The molecule has 1 unspecified atom stereocenters. The van der Waals surface area contributed by atoms with Crippen molar-refractivity contribution in [2.45, 2.75) is 6.92 Å². The summed E-state index contributed by atoms with van der Waals surface area (Å²) in [6.45, 7) is 3.11. The predicted molar refractivity (Wildman–Crippen MR) is 64.6 cm³/mol. The molecule has 0 spiro atoms. The number of hydrogen-bond acceptors (Lipinski definition) is 6. The first-order valence-corrected chi connectivity index (χ1v) is 6.47. The molecule has 2 rings (SSSR count). The zero-order valence-electron chi connectivity index (χ0n) is 9.29. The van der Waals surface area contributed by atoms with Crippen molar-refractivity contribution in [3.05, 3.63) is 12.1 Å². The molecular weight excluding hydrogens is 224 g/mol. The Labute approximate surface area is 97.8 Å². The second-order valence-corrected chi connectivity index (χ2v) is 4.60. The number of rotatable bonds is 5. The third kappa shape index (κ3) is 2.60. The minimum absolute atomic E-state index is 0.612. The fraction of sp³-hybridized carbons (Fsp3) is 0.556. The van der Waals surface area contributed by atoms with E-state index in [0.717, 1.165) is 18.1 Å². The molecule has 0 fully saturated rings. The average Bonchev–Trinajstić information content (AvgIpc) is 2.74. The highest BCUT2D eigenvalue weighted by atomic mass is 32.2. The van der Waals surface area contributed by atoms with E-state index in [1.807, 2.05) is 23.9 Å². The van der Waals surface area contributed by atoms with Gasteiger partial charge in [-0.25, -0.2) is 0 Å². The van der Waals surface area contributed by atoms with Gasteiger partial charge in [-0.15, -0.1) is 14.8 Å². The molecule has 0 aliphatic carbocycles. The van der Waals surface area contributed by atoms with Crippen LogP contribution in [0.4, 0.5) is 5.82 Å². The summed E-state index contributed by atoms with van der Waals surface area (Å²) in [6.07, 6.45) is 2.11. The number of nitrogens with zero attached hydrogens (tertiary/aromatic N) is 5. The highest BCUT2D eigenvalue weighted by Gasteiger charge is 2.03. The van der Waals surface area contributed by atoms with Crippen molar-refractivity contribution in [1.82, 2.24) is 25.3 Å². The Bertz CT molecular complexity index is 456. The molecule has 0 amide bonds. The molecule has 0 aliphatic rings. The lowest BCUT2D eigenvalue weighted by Gasteiger charge is -2.10. The zero-order valence-corrected chi connectivity index (χ0v) is 10.1. The highest BCUT2D eigenvalue weighted by molar-refractivity contribution is 7.98. The minimum Gasteiger partial charge on any atom is -0.368 e. The number of nitrogens with one attached hydrogen (secondary N) is 1. The van der Waals surface area contributed by atoms with Crippen LogP contribution in [0, 0.1) is 5.92 Å². The Kier molecular flexibility index (Phi) is 3.55. The van der Waals surface area contributed by atoms with Crippen LogP contribution in [0.2, 0.25) is 0 Å². The van der Waals surface area contributed by atoms with Crippen molar-refractivity contribution in [2.24, 2.45) is 5.92 Å². The van der Waals surface area contributed by atoms with Gasteiger partial charge in [-0.2, -0.15) is 11.8 Å². The van der Waals surface area contributed by atoms with E-state index in [2.05, 4.69) is 39.1 Å². The second kappa shape index (κ2) is 5.11. The van der Waals surface area contributed by atoms with E-state index in [4.69, 9.17) is 0 Å². The number of tetrazole rings is 1. The lowest BCUT2D eigenvalue weighted by atomic mass is 10.2. The summed E-state index contributed by atoms with van der Waals surface area (Å²) in [4.78, 5) is 0. The van der Waals surface area contributed by atoms with E-state index in [-0.39, 0.29) is 0 Å². The Morgan fingerprint density at radius 3 is 3.19 bits per heavy atom. The van der Waals surface area contributed by atoms with Gasteiger partial charge in [0.1, 0.15) is 5.82 Å². The minimum atomic E-state index is 0.612. The van der Waals surface area contributed by atoms with E-state index in [9.17, 15) is 0 Å². The molecule has 0 saturated carbocycles. The molecular formula is C9H14N6S. The van der Waals surface area contributed by atoms with Crippen LogP contribution < -0.4 is 5.32 Å². The van der Waals surface area contributed by atoms with Gasteiger partial charge in [0.25, 0.3) is 0 Å². The molecule has 0 radical (unpaired) electrons. The molecule has 6 nitrogen and oxygen atoms in total. The molecule has 2 aromatic heterocycles. The maximum atomic E-state index is 4.23. The van der Waals surface area contributed by atoms with Gasteiger partial charge in [-0.3, -0.25) is 0 Å². The van der Waals surface area contributed by atoms with Crippen LogP contribution >= 0.6 is 11.8 Å². The quantitative estimate of drug-likeness (QED) is 0.835. The molecule has 2 aromatic rings. The van der Waals surface area contributed by atoms with Crippen LogP contribution in [-0.4, -0.2) is 43.8 Å². The SMILES string of the molecule is CSCC(C)CNc1ccc2nnnn2n1. The highest BCUT2D eigenvalue weighted by Crippen LogP contribution is 2.07. The Balaban J connectivity index is 1.98. The van der Waals surface area contributed by atoms with Crippen LogP contribution in [0.1, 0.15) is 6.92 Å². The van der Waals surface area contributed by atoms with Crippen LogP contribution in [0.5, 0.6) is 0 Å². The summed E-state index contributed by atoms with van der Waals surface area (Å²) in [6, 6.07) is 3.73. The Hall–Kier alpha value is -1.37. The molecule has 0 bridgehead atoms. The smallest absolute Gasteiger partial charge is 0.200 e. The van der Waals surface area contributed by atoms with E-state index in [1.165, 1.54) is 4.63 Å². The monoisotopic (exact) mass is 238 g/mol. The summed E-state index contributed by atoms with van der Waals surface area (Å²) in [7, 11) is 0. The van der Waals surface area contributed by atoms with Gasteiger partial charge >= 0.3 is 0 Å². The summed E-state index contributed by atoms with van der Waals surface area (Å²) >= 11 is 1.85. The normalized spacial score (nSPS) is 12.9. The largest absolute Gasteiger partial charge is 0.368 e. The molecule has 86 valence electrons. The van der Waals surface area contributed by atoms with Crippen LogP contribution in [0.25, 0.3) is 5.65 Å². The molecule has 0 aliphatic heterocycles. The molecule has 0 aromatic carbocycles. The second-order valence-electron chi connectivity index (χ2n) is 3.69. The fourth-order valence-corrected chi connectivity index (χ4v) is 2.05. The van der Waals surface area contributed by atoms with Gasteiger partial charge < -0.3 is 5.32 Å². The lowest BCUT2D eigenvalue weighted by molar-refractivity contribution is 0.689. The van der Waals surface area contributed by atoms with Gasteiger partial charge in [0.05, 0.1) is 0 Å². The van der Waals surface area contributed by atoms with E-state index >= 15 is 0 Å². The van der Waals surface area contributed by atoms with Gasteiger partial charge in [-0.1, -0.05) is 6.92 Å². The molecule has 2 heterocycles. The number of aromatic nitrogens is 5. The number of fused-ring (bicyclic) bond motifs is 1. The first-order valence-electron chi connectivity index (χ1n) is 5.08. The summed E-state index contributed by atoms with van der Waals surface area (Å²) in [5, 5.41) is 18.6. The molecule has 0 saturated heterocycles. The predicted octanol–water partition coefficient (Wildman–Crippen LogP) is 0.930. The van der Waals surface area contributed by atoms with Crippen molar-refractivity contribution in [2.75, 3.05) is 23.9 Å². The number of thioether (sulfide) groups is 1. The summed E-state index contributed by atoms with van der Waals surface area (Å²) in [5.41, 5.74) is 0.655. The number of hydrogen-bond donors (Lipinski definition) is 1. The van der Waals surface area contributed by atoms with Crippen molar-refractivity contribution in [3.63, 3.8) is 0 Å². The molecule has 7 heteroatoms. The first-order chi connectivity index (χ1) is 7.79. The summed E-state index contributed by atoms with van der Waals surface area (Å²) in [5.74, 6) is 2.55. The van der Waals surface area contributed by atoms with Gasteiger partial charge in [0, 0.05) is 6.54 Å². The van der Waals surface area contributed by atoms with Crippen LogP contribution in [0.15, 0.2) is 12.1 Å². The third-order valence-corrected chi connectivity index (χ3v) is 3.05. The maximum Gasteiger partial charge on any atom is 0.200 e. The maximum absolute atomic E-state index is 4.23. The van der Waals surface area contributed by atoms with E-state index < -0.39 is 0 Å². The van der Waals surface area contributed by atoms with Crippen LogP contribution in [0.3, 0.4) is 0 Å². The van der Waals surface area contributed by atoms with Gasteiger partial charge in [-0.05, 0) is 40.5 Å². The fourth-order valence-electron chi connectivity index (χ4n) is 1.37. The molecule has 16 heavy (non-hydrogen) atoms. The third-order valence-electron chi connectivity index (χ3n) is 2.15. The van der Waals surface area contributed by atoms with Crippen molar-refractivity contribution < 1.29 is 0 Å². The Morgan fingerprint density at radius 2 is 2.38 bits per heavy atom. The van der Waals surface area contributed by atoms with Gasteiger partial charge in [0.2, 0.25) is 0 Å². The zero-order chi connectivity index (χ0) is 11.4. The average molecular weight is 238 g/mol. The molecule has 1 N–H and O–H groups in total. The van der Waals surface area contributed by atoms with E-state index in [0.29, 0.717) is 11.6 Å². The summed E-state index contributed by atoms with van der Waals surface area (Å²) < 4.78 is 1.42. The van der Waals surface area contributed by atoms with Crippen molar-refractivity contribution >= 4 is 23.2 Å². The van der Waals surface area contributed by atoms with Crippen molar-refractivity contribution in [1.29, 1.82) is 0 Å².